The van der Waals surface area contributed by atoms with Crippen LogP contribution in [0.15, 0.2) is 18.2 Å². The Morgan fingerprint density at radius 2 is 2.03 bits per heavy atom. The number of nitrogens with one attached hydrogen (secondary N) is 1. The van der Waals surface area contributed by atoms with Gasteiger partial charge < -0.3 is 29.2 Å². The van der Waals surface area contributed by atoms with Crippen molar-refractivity contribution in [3.8, 4) is 0 Å². The van der Waals surface area contributed by atoms with E-state index < -0.39 is 0 Å². The normalized spacial score (nSPS) is 20.5. The number of para-hydroxylation sites is 1. The van der Waals surface area contributed by atoms with E-state index in [1.54, 1.807) is 7.11 Å². The highest BCUT2D eigenvalue weighted by Gasteiger charge is 2.36. The summed E-state index contributed by atoms with van der Waals surface area (Å²) in [5.41, 5.74) is 1.51. The van der Waals surface area contributed by atoms with Crippen LogP contribution in [0.3, 0.4) is 0 Å². The maximum absolute atomic E-state index is 14.2. The Labute approximate surface area is 224 Å². The zero-order chi connectivity index (χ0) is 26.4. The van der Waals surface area contributed by atoms with E-state index in [0.717, 1.165) is 18.4 Å². The van der Waals surface area contributed by atoms with Crippen LogP contribution < -0.4 is 5.32 Å². The number of rotatable bonds is 10. The van der Waals surface area contributed by atoms with Gasteiger partial charge in [-0.1, -0.05) is 31.5 Å². The monoisotopic (exact) mass is 533 g/mol. The fourth-order valence-electron chi connectivity index (χ4n) is 5.35. The first-order valence-corrected chi connectivity index (χ1v) is 13.8. The summed E-state index contributed by atoms with van der Waals surface area (Å²) in [6, 6.07) is 5.50. The molecule has 2 aliphatic heterocycles. The number of hydrogen-bond acceptors (Lipinski definition) is 6. The second-order valence-corrected chi connectivity index (χ2v) is 10.8. The summed E-state index contributed by atoms with van der Waals surface area (Å²) in [6.45, 7) is 9.79. The Hall–Kier alpha value is -2.20. The minimum Gasteiger partial charge on any atom is -0.385 e. The lowest BCUT2D eigenvalue weighted by Crippen LogP contribution is -2.56. The lowest BCUT2D eigenvalue weighted by atomic mass is 9.92. The van der Waals surface area contributed by atoms with Crippen molar-refractivity contribution in [2.45, 2.75) is 45.7 Å². The van der Waals surface area contributed by atoms with Crippen molar-refractivity contribution in [1.29, 1.82) is 0 Å². The molecule has 0 saturated carbocycles. The average Bonchev–Trinajstić information content (AvgIpc) is 3.29. The molecule has 2 aliphatic rings. The molecule has 0 spiro atoms. The lowest BCUT2D eigenvalue weighted by Gasteiger charge is -2.40. The van der Waals surface area contributed by atoms with Gasteiger partial charge in [0.15, 0.2) is 5.82 Å². The molecule has 37 heavy (non-hydrogen) atoms. The molecule has 10 heteroatoms. The fraction of sp³-hybridized carbons (Fsp3) is 0.667. The summed E-state index contributed by atoms with van der Waals surface area (Å²) in [7, 11) is 1.69. The minimum atomic E-state index is -0.165. The Balaban J connectivity index is 1.60. The van der Waals surface area contributed by atoms with E-state index in [1.165, 1.54) is 0 Å². The smallest absolute Gasteiger partial charge is 0.290 e. The third-order valence-electron chi connectivity index (χ3n) is 7.15. The molecule has 2 fully saturated rings. The number of amides is 2. The number of unbranched alkanes of at least 4 members (excludes halogenated alkanes) is 1. The van der Waals surface area contributed by atoms with E-state index in [0.29, 0.717) is 81.9 Å². The Kier molecular flexibility index (Phi) is 9.81. The second-order valence-electron chi connectivity index (χ2n) is 10.4. The van der Waals surface area contributed by atoms with E-state index in [2.05, 4.69) is 19.2 Å². The van der Waals surface area contributed by atoms with Crippen LogP contribution in [-0.4, -0.2) is 96.9 Å². The number of aromatic nitrogens is 2. The van der Waals surface area contributed by atoms with Crippen molar-refractivity contribution in [3.05, 3.63) is 29.0 Å². The molecule has 204 valence electrons. The van der Waals surface area contributed by atoms with E-state index in [9.17, 15) is 9.59 Å². The van der Waals surface area contributed by atoms with Crippen LogP contribution in [0.4, 0.5) is 0 Å². The molecule has 2 atom stereocenters. The first-order valence-electron chi connectivity index (χ1n) is 13.4. The fourth-order valence-corrected chi connectivity index (χ4v) is 5.62. The Bertz CT molecular complexity index is 1070. The van der Waals surface area contributed by atoms with Gasteiger partial charge in [-0.2, -0.15) is 0 Å². The molecule has 2 aromatic rings. The summed E-state index contributed by atoms with van der Waals surface area (Å²) in [6.07, 6.45) is 2.36. The number of carbonyl (C=O) groups is 2. The molecule has 4 rings (SSSR count). The third-order valence-corrected chi connectivity index (χ3v) is 7.46. The van der Waals surface area contributed by atoms with E-state index in [4.69, 9.17) is 26.1 Å². The molecule has 2 amide bonds. The second kappa shape index (κ2) is 13.0. The maximum atomic E-state index is 14.2. The predicted molar refractivity (Wildman–Crippen MR) is 144 cm³/mol. The predicted octanol–water partition coefficient (Wildman–Crippen LogP) is 3.05. The van der Waals surface area contributed by atoms with E-state index in [1.807, 2.05) is 32.6 Å². The molecule has 9 nitrogen and oxygen atoms in total. The van der Waals surface area contributed by atoms with Crippen molar-refractivity contribution in [3.63, 3.8) is 0 Å². The van der Waals surface area contributed by atoms with Crippen LogP contribution in [0.25, 0.3) is 11.0 Å². The van der Waals surface area contributed by atoms with Crippen molar-refractivity contribution in [2.24, 2.45) is 11.8 Å². The van der Waals surface area contributed by atoms with Crippen molar-refractivity contribution < 1.29 is 19.1 Å². The van der Waals surface area contributed by atoms with Crippen molar-refractivity contribution in [1.82, 2.24) is 24.7 Å². The van der Waals surface area contributed by atoms with Crippen LogP contribution in [0, 0.1) is 11.8 Å². The number of hydrogen-bond donors (Lipinski definition) is 1. The van der Waals surface area contributed by atoms with Gasteiger partial charge in [0.05, 0.1) is 35.2 Å². The molecular weight excluding hydrogens is 494 g/mol. The summed E-state index contributed by atoms with van der Waals surface area (Å²) in [5.74, 6) is 0.542. The van der Waals surface area contributed by atoms with Crippen molar-refractivity contribution in [2.75, 3.05) is 59.7 Å². The topological polar surface area (TPSA) is 88.9 Å². The summed E-state index contributed by atoms with van der Waals surface area (Å²) in [5, 5.41) is 4.01. The Morgan fingerprint density at radius 1 is 1.24 bits per heavy atom. The number of carbonyl (C=O) groups excluding carboxylic acids is 2. The standard InChI is InChI=1S/C27H40ClN5O4/c1-19(2)18-33(21-15-20(16-29-17-21)26(34)31-10-13-37-14-11-31)27(35)25-30-23-8-6-7-22(28)24(23)32(25)9-4-5-12-36-3/h6-8,19-21,29H,4-5,9-18H2,1-3H3. The quantitative estimate of drug-likeness (QED) is 0.472. The number of imidazole rings is 1. The van der Waals surface area contributed by atoms with Gasteiger partial charge in [0, 0.05) is 59.0 Å². The molecule has 0 aliphatic carbocycles. The molecule has 0 bridgehead atoms. The van der Waals surface area contributed by atoms with E-state index >= 15 is 0 Å². The number of aryl methyl sites for hydroxylation is 1. The largest absolute Gasteiger partial charge is 0.385 e. The molecule has 1 N–H and O–H groups in total. The molecule has 1 aromatic carbocycles. The van der Waals surface area contributed by atoms with Crippen LogP contribution in [0.2, 0.25) is 5.02 Å². The molecular formula is C27H40ClN5O4. The van der Waals surface area contributed by atoms with Gasteiger partial charge >= 0.3 is 0 Å². The summed E-state index contributed by atoms with van der Waals surface area (Å²) in [4.78, 5) is 36.0. The maximum Gasteiger partial charge on any atom is 0.290 e. The average molecular weight is 534 g/mol. The van der Waals surface area contributed by atoms with Crippen LogP contribution >= 0.6 is 11.6 Å². The zero-order valence-corrected chi connectivity index (χ0v) is 23.0. The van der Waals surface area contributed by atoms with Crippen LogP contribution in [-0.2, 0) is 20.8 Å². The molecule has 1 aromatic heterocycles. The third kappa shape index (κ3) is 6.63. The van der Waals surface area contributed by atoms with Crippen LogP contribution in [0.5, 0.6) is 0 Å². The molecule has 2 unspecified atom stereocenters. The first-order chi connectivity index (χ1) is 17.9. The van der Waals surface area contributed by atoms with Gasteiger partial charge in [-0.3, -0.25) is 9.59 Å². The van der Waals surface area contributed by atoms with Crippen molar-refractivity contribution >= 4 is 34.4 Å². The Morgan fingerprint density at radius 3 is 2.76 bits per heavy atom. The number of methoxy groups -OCH3 is 1. The number of piperidine rings is 1. The van der Waals surface area contributed by atoms with E-state index in [-0.39, 0.29) is 29.7 Å². The molecule has 2 saturated heterocycles. The van der Waals surface area contributed by atoms with Crippen LogP contribution in [0.1, 0.15) is 43.7 Å². The number of benzene rings is 1. The lowest BCUT2D eigenvalue weighted by molar-refractivity contribution is -0.140. The van der Waals surface area contributed by atoms with Gasteiger partial charge in [0.1, 0.15) is 0 Å². The summed E-state index contributed by atoms with van der Waals surface area (Å²) >= 11 is 6.59. The molecule has 3 heterocycles. The highest BCUT2D eigenvalue weighted by molar-refractivity contribution is 6.35. The van der Waals surface area contributed by atoms with Gasteiger partial charge in [-0.05, 0) is 37.3 Å². The van der Waals surface area contributed by atoms with Gasteiger partial charge in [0.25, 0.3) is 5.91 Å². The first kappa shape index (κ1) is 27.8. The number of morpholine rings is 1. The highest BCUT2D eigenvalue weighted by Crippen LogP contribution is 2.28. The van der Waals surface area contributed by atoms with Gasteiger partial charge in [-0.25, -0.2) is 4.98 Å². The number of halogens is 1. The number of fused-ring (bicyclic) bond motifs is 1. The minimum absolute atomic E-state index is 0.101. The number of ether oxygens (including phenoxy) is 2. The summed E-state index contributed by atoms with van der Waals surface area (Å²) < 4.78 is 12.6. The SMILES string of the molecule is COCCCCn1c(C(=O)N(CC(C)C)C2CNCC(C(=O)N3CCOCC3)C2)nc2cccc(Cl)c21. The van der Waals surface area contributed by atoms with Gasteiger partial charge in [-0.15, -0.1) is 0 Å². The number of nitrogens with zero attached hydrogens (tertiary/aromatic N) is 4. The van der Waals surface area contributed by atoms with Gasteiger partial charge in [0.2, 0.25) is 5.91 Å². The zero-order valence-electron chi connectivity index (χ0n) is 22.2. The highest BCUT2D eigenvalue weighted by atomic mass is 35.5. The molecule has 0 radical (unpaired) electrons.